The molecular formula is C24H21F3O. The number of alkyl halides is 2. The molecule has 1 nitrogen and oxygen atoms in total. The number of halogens is 3. The third kappa shape index (κ3) is 3.17. The van der Waals surface area contributed by atoms with Crippen molar-refractivity contribution in [2.75, 3.05) is 0 Å². The molecule has 0 N–H and O–H groups in total. The number of aryl methyl sites for hydroxylation is 2. The third-order valence-electron chi connectivity index (χ3n) is 5.22. The molecular weight excluding hydrogens is 361 g/mol. The first-order chi connectivity index (χ1) is 13.4. The second-order valence-electron chi connectivity index (χ2n) is 7.26. The molecule has 0 aromatic heterocycles. The predicted molar refractivity (Wildman–Crippen MR) is 105 cm³/mol. The van der Waals surface area contributed by atoms with Gasteiger partial charge in [-0.25, -0.2) is 4.39 Å². The first-order valence-corrected chi connectivity index (χ1v) is 9.51. The summed E-state index contributed by atoms with van der Waals surface area (Å²) >= 11 is 0. The van der Waals surface area contributed by atoms with Crippen molar-refractivity contribution in [3.05, 3.63) is 77.1 Å². The molecule has 144 valence electrons. The van der Waals surface area contributed by atoms with Gasteiger partial charge in [0.25, 0.3) is 0 Å². The van der Waals surface area contributed by atoms with E-state index in [1.807, 2.05) is 38.1 Å². The van der Waals surface area contributed by atoms with Gasteiger partial charge in [0.1, 0.15) is 0 Å². The van der Waals surface area contributed by atoms with Gasteiger partial charge in [0.05, 0.1) is 5.56 Å². The van der Waals surface area contributed by atoms with Crippen LogP contribution in [0.5, 0.6) is 5.75 Å². The van der Waals surface area contributed by atoms with E-state index in [1.54, 1.807) is 24.3 Å². The van der Waals surface area contributed by atoms with Crippen LogP contribution in [0.15, 0.2) is 54.6 Å². The predicted octanol–water partition coefficient (Wildman–Crippen LogP) is 7.25. The Morgan fingerprint density at radius 1 is 0.893 bits per heavy atom. The fourth-order valence-electron chi connectivity index (χ4n) is 3.60. The molecule has 0 saturated heterocycles. The van der Waals surface area contributed by atoms with Crippen LogP contribution in [0.2, 0.25) is 0 Å². The summed E-state index contributed by atoms with van der Waals surface area (Å²) in [5, 5.41) is 0. The molecule has 1 heterocycles. The maximum atomic E-state index is 14.8. The van der Waals surface area contributed by atoms with Gasteiger partial charge in [-0.1, -0.05) is 67.4 Å². The van der Waals surface area contributed by atoms with Crippen molar-refractivity contribution in [2.24, 2.45) is 0 Å². The van der Waals surface area contributed by atoms with Gasteiger partial charge in [-0.2, -0.15) is 8.78 Å². The SMILES string of the molecule is CCCCc1ccc2c(c1F)OC(F)(F)c1cc(-c3ccc(C)cc3)ccc1-2. The fraction of sp³-hybridized carbons (Fsp3) is 0.250. The molecule has 3 aromatic rings. The van der Waals surface area contributed by atoms with E-state index in [0.29, 0.717) is 28.7 Å². The van der Waals surface area contributed by atoms with Crippen LogP contribution in [0.4, 0.5) is 13.2 Å². The molecule has 0 radical (unpaired) electrons. The number of unbranched alkanes of at least 4 members (excludes halogenated alkanes) is 1. The summed E-state index contributed by atoms with van der Waals surface area (Å²) in [5.74, 6) is -1.03. The molecule has 3 aromatic carbocycles. The summed E-state index contributed by atoms with van der Waals surface area (Å²) in [6, 6.07) is 15.9. The number of ether oxygens (including phenoxy) is 1. The Labute approximate surface area is 162 Å². The highest BCUT2D eigenvalue weighted by Gasteiger charge is 2.43. The molecule has 0 fully saturated rings. The number of hydrogen-bond acceptors (Lipinski definition) is 1. The maximum Gasteiger partial charge on any atom is 0.427 e. The summed E-state index contributed by atoms with van der Waals surface area (Å²) in [5.41, 5.74) is 3.47. The number of fused-ring (bicyclic) bond motifs is 3. The van der Waals surface area contributed by atoms with Gasteiger partial charge in [0.15, 0.2) is 11.6 Å². The van der Waals surface area contributed by atoms with Crippen LogP contribution in [0.3, 0.4) is 0 Å². The molecule has 0 amide bonds. The largest absolute Gasteiger partial charge is 0.427 e. The number of rotatable bonds is 4. The molecule has 0 aliphatic carbocycles. The van der Waals surface area contributed by atoms with Crippen molar-refractivity contribution in [2.45, 2.75) is 39.2 Å². The van der Waals surface area contributed by atoms with E-state index in [4.69, 9.17) is 4.74 Å². The minimum absolute atomic E-state index is 0.237. The minimum Gasteiger partial charge on any atom is -0.425 e. The Hall–Kier alpha value is -2.75. The van der Waals surface area contributed by atoms with Crippen molar-refractivity contribution < 1.29 is 17.9 Å². The Bertz CT molecular complexity index is 1020. The van der Waals surface area contributed by atoms with Crippen LogP contribution >= 0.6 is 0 Å². The van der Waals surface area contributed by atoms with E-state index in [1.165, 1.54) is 6.07 Å². The molecule has 0 bridgehead atoms. The third-order valence-corrected chi connectivity index (χ3v) is 5.22. The first kappa shape index (κ1) is 18.6. The lowest BCUT2D eigenvalue weighted by Crippen LogP contribution is -2.27. The zero-order valence-electron chi connectivity index (χ0n) is 15.9. The molecule has 0 atom stereocenters. The van der Waals surface area contributed by atoms with Crippen molar-refractivity contribution in [3.63, 3.8) is 0 Å². The monoisotopic (exact) mass is 382 g/mol. The molecule has 4 rings (SSSR count). The van der Waals surface area contributed by atoms with Crippen molar-refractivity contribution >= 4 is 0 Å². The molecule has 28 heavy (non-hydrogen) atoms. The van der Waals surface area contributed by atoms with E-state index in [2.05, 4.69) is 0 Å². The highest BCUT2D eigenvalue weighted by molar-refractivity contribution is 5.80. The Morgan fingerprint density at radius 3 is 2.29 bits per heavy atom. The molecule has 0 unspecified atom stereocenters. The topological polar surface area (TPSA) is 9.23 Å². The smallest absolute Gasteiger partial charge is 0.425 e. The van der Waals surface area contributed by atoms with Gasteiger partial charge in [0, 0.05) is 5.56 Å². The van der Waals surface area contributed by atoms with Crippen LogP contribution in [-0.4, -0.2) is 0 Å². The molecule has 0 saturated carbocycles. The van der Waals surface area contributed by atoms with E-state index >= 15 is 0 Å². The average Bonchev–Trinajstić information content (AvgIpc) is 2.68. The van der Waals surface area contributed by atoms with E-state index < -0.39 is 11.9 Å². The summed E-state index contributed by atoms with van der Waals surface area (Å²) in [4.78, 5) is 0. The minimum atomic E-state index is -3.59. The Morgan fingerprint density at radius 2 is 1.57 bits per heavy atom. The zero-order chi connectivity index (χ0) is 19.9. The molecule has 4 heteroatoms. The molecule has 0 spiro atoms. The van der Waals surface area contributed by atoms with Crippen molar-refractivity contribution in [1.29, 1.82) is 0 Å². The lowest BCUT2D eigenvalue weighted by atomic mass is 9.90. The highest BCUT2D eigenvalue weighted by atomic mass is 19.3. The molecule has 1 aliphatic rings. The standard InChI is InChI=1S/C24H21F3O/c1-3-4-5-17-10-13-20-19-12-11-18(16-8-6-15(2)7-9-16)14-21(19)24(26,27)28-23(20)22(17)25/h6-14H,3-5H2,1-2H3. The first-order valence-electron chi connectivity index (χ1n) is 9.51. The van der Waals surface area contributed by atoms with E-state index in [0.717, 1.165) is 24.0 Å². The Kier molecular flexibility index (Phi) is 4.66. The number of benzene rings is 3. The quantitative estimate of drug-likeness (QED) is 0.462. The van der Waals surface area contributed by atoms with Gasteiger partial charge in [0.2, 0.25) is 0 Å². The normalized spacial score (nSPS) is 14.2. The average molecular weight is 382 g/mol. The maximum absolute atomic E-state index is 14.8. The van der Waals surface area contributed by atoms with Gasteiger partial charge in [-0.05, 0) is 48.1 Å². The van der Waals surface area contributed by atoms with Gasteiger partial charge in [-0.15, -0.1) is 0 Å². The Balaban J connectivity index is 1.82. The second-order valence-corrected chi connectivity index (χ2v) is 7.26. The van der Waals surface area contributed by atoms with E-state index in [-0.39, 0.29) is 11.3 Å². The van der Waals surface area contributed by atoms with Crippen LogP contribution < -0.4 is 4.74 Å². The van der Waals surface area contributed by atoms with Gasteiger partial charge >= 0.3 is 6.11 Å². The zero-order valence-corrected chi connectivity index (χ0v) is 15.9. The summed E-state index contributed by atoms with van der Waals surface area (Å²) in [6.45, 7) is 3.97. The summed E-state index contributed by atoms with van der Waals surface area (Å²) in [7, 11) is 0. The second kappa shape index (κ2) is 7.01. The van der Waals surface area contributed by atoms with Crippen LogP contribution in [0.1, 0.15) is 36.5 Å². The fourth-order valence-corrected chi connectivity index (χ4v) is 3.60. The highest BCUT2D eigenvalue weighted by Crippen LogP contribution is 2.49. The van der Waals surface area contributed by atoms with Crippen LogP contribution in [-0.2, 0) is 12.5 Å². The van der Waals surface area contributed by atoms with E-state index in [9.17, 15) is 13.2 Å². The number of hydrogen-bond donors (Lipinski definition) is 0. The summed E-state index contributed by atoms with van der Waals surface area (Å²) < 4.78 is 49.4. The molecule has 1 aliphatic heterocycles. The lowest BCUT2D eigenvalue weighted by Gasteiger charge is -2.29. The summed E-state index contributed by atoms with van der Waals surface area (Å²) in [6.07, 6.45) is -1.39. The van der Waals surface area contributed by atoms with Crippen LogP contribution in [0, 0.1) is 12.7 Å². The van der Waals surface area contributed by atoms with Crippen molar-refractivity contribution in [3.8, 4) is 28.0 Å². The lowest BCUT2D eigenvalue weighted by molar-refractivity contribution is -0.188. The van der Waals surface area contributed by atoms with Crippen molar-refractivity contribution in [1.82, 2.24) is 0 Å². The van der Waals surface area contributed by atoms with Crippen LogP contribution in [0.25, 0.3) is 22.3 Å². The van der Waals surface area contributed by atoms with Gasteiger partial charge < -0.3 is 4.74 Å². The van der Waals surface area contributed by atoms with Gasteiger partial charge in [-0.3, -0.25) is 0 Å².